The number of hydrogen-bond donors (Lipinski definition) is 0. The minimum Gasteiger partial charge on any atom is -0.300 e. The van der Waals surface area contributed by atoms with Crippen LogP contribution in [0, 0.1) is 6.92 Å². The van der Waals surface area contributed by atoms with Crippen LogP contribution >= 0.6 is 0 Å². The first-order chi connectivity index (χ1) is 14.4. The molecule has 1 aromatic carbocycles. The molecule has 0 atom stereocenters. The second kappa shape index (κ2) is 8.74. The SMILES string of the molecule is Cc1ccc(S(=O)(=O)C(S(=O)(=O)C2CCC(=O)CC2)S(=O)(=O)C2CCC(=O)CC2)cc1. The van der Waals surface area contributed by atoms with Gasteiger partial charge in [0.2, 0.25) is 9.84 Å². The van der Waals surface area contributed by atoms with E-state index in [-0.39, 0.29) is 67.8 Å². The topological polar surface area (TPSA) is 137 Å². The number of ketones is 2. The number of Topliss-reactive ketones (excluding diaryl/α,β-unsaturated/α-hetero) is 2. The first-order valence-electron chi connectivity index (χ1n) is 10.2. The monoisotopic (exact) mass is 490 g/mol. The fraction of sp³-hybridized carbons (Fsp3) is 0.600. The number of aryl methyl sites for hydroxylation is 1. The third-order valence-corrected chi connectivity index (χ3v) is 16.1. The van der Waals surface area contributed by atoms with Gasteiger partial charge in [-0.05, 0) is 44.7 Å². The van der Waals surface area contributed by atoms with Gasteiger partial charge in [-0.25, -0.2) is 25.3 Å². The number of benzene rings is 1. The minimum atomic E-state index is -4.80. The third-order valence-electron chi connectivity index (χ3n) is 6.05. The summed E-state index contributed by atoms with van der Waals surface area (Å²) in [7, 11) is -14.2. The Hall–Kier alpha value is -1.59. The zero-order chi connectivity index (χ0) is 23.0. The van der Waals surface area contributed by atoms with Crippen molar-refractivity contribution in [3.05, 3.63) is 29.8 Å². The lowest BCUT2D eigenvalue weighted by molar-refractivity contribution is -0.120. The molecule has 0 spiro atoms. The second-order valence-corrected chi connectivity index (χ2v) is 15.9. The van der Waals surface area contributed by atoms with Gasteiger partial charge in [0.15, 0.2) is 19.7 Å². The third kappa shape index (κ3) is 4.78. The smallest absolute Gasteiger partial charge is 0.267 e. The van der Waals surface area contributed by atoms with Gasteiger partial charge in [0, 0.05) is 25.7 Å². The molecule has 8 nitrogen and oxygen atoms in total. The Morgan fingerprint density at radius 3 is 1.39 bits per heavy atom. The van der Waals surface area contributed by atoms with E-state index in [4.69, 9.17) is 0 Å². The summed E-state index contributed by atoms with van der Waals surface area (Å²) in [5.41, 5.74) is 0.734. The van der Waals surface area contributed by atoms with Gasteiger partial charge in [-0.2, -0.15) is 0 Å². The predicted molar refractivity (Wildman–Crippen MR) is 115 cm³/mol. The van der Waals surface area contributed by atoms with Crippen LogP contribution in [0.2, 0.25) is 0 Å². The molecule has 0 aromatic heterocycles. The highest BCUT2D eigenvalue weighted by Gasteiger charge is 2.54. The quantitative estimate of drug-likeness (QED) is 0.590. The predicted octanol–water partition coefficient (Wildman–Crippen LogP) is 1.91. The molecular weight excluding hydrogens is 464 g/mol. The van der Waals surface area contributed by atoms with E-state index in [1.807, 2.05) is 0 Å². The fourth-order valence-electron chi connectivity index (χ4n) is 4.18. The Kier molecular flexibility index (Phi) is 6.79. The molecule has 31 heavy (non-hydrogen) atoms. The molecule has 0 amide bonds. The van der Waals surface area contributed by atoms with Crippen molar-refractivity contribution in [2.75, 3.05) is 0 Å². The summed E-state index contributed by atoms with van der Waals surface area (Å²) in [5.74, 6) is -0.254. The number of sulfone groups is 3. The maximum absolute atomic E-state index is 13.5. The zero-order valence-electron chi connectivity index (χ0n) is 17.2. The van der Waals surface area contributed by atoms with E-state index < -0.39 is 43.9 Å². The van der Waals surface area contributed by atoms with Crippen LogP contribution in [-0.4, -0.2) is 51.2 Å². The van der Waals surface area contributed by atoms with Gasteiger partial charge >= 0.3 is 0 Å². The van der Waals surface area contributed by atoms with E-state index in [0.717, 1.165) is 5.56 Å². The summed E-state index contributed by atoms with van der Waals surface area (Å²) in [5, 5.41) is -2.45. The van der Waals surface area contributed by atoms with Gasteiger partial charge in [-0.1, -0.05) is 17.7 Å². The molecule has 172 valence electrons. The molecule has 0 saturated heterocycles. The number of hydrogen-bond acceptors (Lipinski definition) is 8. The molecule has 3 rings (SSSR count). The van der Waals surface area contributed by atoms with E-state index in [9.17, 15) is 34.8 Å². The summed E-state index contributed by atoms with van der Waals surface area (Å²) in [6.45, 7) is 1.72. The fourth-order valence-corrected chi connectivity index (χ4v) is 14.2. The molecule has 2 saturated carbocycles. The summed E-state index contributed by atoms with van der Waals surface area (Å²) < 4.78 is 78.3. The van der Waals surface area contributed by atoms with E-state index in [1.54, 1.807) is 6.92 Å². The lowest BCUT2D eigenvalue weighted by Crippen LogP contribution is -2.48. The molecule has 2 aliphatic carbocycles. The lowest BCUT2D eigenvalue weighted by atomic mass is 9.99. The molecule has 0 bridgehead atoms. The van der Waals surface area contributed by atoms with Crippen molar-refractivity contribution in [2.45, 2.75) is 77.6 Å². The number of carbonyl (C=O) groups is 2. The van der Waals surface area contributed by atoms with Crippen LogP contribution in [0.15, 0.2) is 29.2 Å². The Labute approximate surface area is 183 Å². The maximum atomic E-state index is 13.5. The van der Waals surface area contributed by atoms with E-state index in [1.165, 1.54) is 24.3 Å². The Morgan fingerprint density at radius 2 is 1.03 bits per heavy atom. The summed E-state index contributed by atoms with van der Waals surface area (Å²) in [4.78, 5) is 22.8. The van der Waals surface area contributed by atoms with Crippen molar-refractivity contribution >= 4 is 41.1 Å². The van der Waals surface area contributed by atoms with E-state index in [2.05, 4.69) is 0 Å². The molecular formula is C20H26O8S3. The normalized spacial score (nSPS) is 20.3. The van der Waals surface area contributed by atoms with Crippen molar-refractivity contribution in [1.29, 1.82) is 0 Å². The molecule has 0 radical (unpaired) electrons. The van der Waals surface area contributed by atoms with Gasteiger partial charge < -0.3 is 0 Å². The molecule has 0 N–H and O–H groups in total. The van der Waals surface area contributed by atoms with Crippen molar-refractivity contribution in [1.82, 2.24) is 0 Å². The number of rotatable bonds is 6. The Bertz CT molecular complexity index is 1100. The Morgan fingerprint density at radius 1 is 0.677 bits per heavy atom. The summed E-state index contributed by atoms with van der Waals surface area (Å²) >= 11 is 0. The van der Waals surface area contributed by atoms with Crippen LogP contribution in [0.5, 0.6) is 0 Å². The summed E-state index contributed by atoms with van der Waals surface area (Å²) in [6.07, 6.45) is -0.504. The van der Waals surface area contributed by atoms with Gasteiger partial charge in [0.25, 0.3) is 3.91 Å². The van der Waals surface area contributed by atoms with Gasteiger partial charge in [-0.3, -0.25) is 9.59 Å². The van der Waals surface area contributed by atoms with Gasteiger partial charge in [0.1, 0.15) is 11.6 Å². The van der Waals surface area contributed by atoms with Crippen molar-refractivity contribution in [3.63, 3.8) is 0 Å². The maximum Gasteiger partial charge on any atom is 0.267 e. The highest BCUT2D eigenvalue weighted by Crippen LogP contribution is 2.37. The van der Waals surface area contributed by atoms with Crippen LogP contribution in [0.25, 0.3) is 0 Å². The van der Waals surface area contributed by atoms with Crippen molar-refractivity contribution in [3.8, 4) is 0 Å². The lowest BCUT2D eigenvalue weighted by Gasteiger charge is -2.30. The minimum absolute atomic E-state index is 0.0286. The average molecular weight is 491 g/mol. The van der Waals surface area contributed by atoms with Gasteiger partial charge in [-0.15, -0.1) is 0 Å². The molecule has 0 heterocycles. The van der Waals surface area contributed by atoms with E-state index >= 15 is 0 Å². The highest BCUT2D eigenvalue weighted by atomic mass is 32.3. The largest absolute Gasteiger partial charge is 0.300 e. The number of carbonyl (C=O) groups excluding carboxylic acids is 2. The highest BCUT2D eigenvalue weighted by molar-refractivity contribution is 8.24. The Balaban J connectivity index is 2.13. The average Bonchev–Trinajstić information content (AvgIpc) is 2.68. The van der Waals surface area contributed by atoms with E-state index in [0.29, 0.717) is 0 Å². The molecule has 2 fully saturated rings. The molecule has 11 heteroatoms. The van der Waals surface area contributed by atoms with Crippen LogP contribution in [0.4, 0.5) is 0 Å². The van der Waals surface area contributed by atoms with Crippen LogP contribution < -0.4 is 0 Å². The molecule has 0 unspecified atom stereocenters. The van der Waals surface area contributed by atoms with Crippen LogP contribution in [0.3, 0.4) is 0 Å². The molecule has 0 aliphatic heterocycles. The first-order valence-corrected chi connectivity index (χ1v) is 14.9. The zero-order valence-corrected chi connectivity index (χ0v) is 19.6. The standard InChI is InChI=1S/C20H26O8S3/c1-14-2-8-17(9-3-14)29(23,24)20(30(25,26)18-10-4-15(21)5-11-18)31(27,28)19-12-6-16(22)7-13-19/h2-3,8-9,18-20H,4-7,10-13H2,1H3. The van der Waals surface area contributed by atoms with Crippen LogP contribution in [-0.2, 0) is 39.1 Å². The van der Waals surface area contributed by atoms with Crippen LogP contribution in [0.1, 0.15) is 56.9 Å². The first kappa shape index (κ1) is 24.1. The summed E-state index contributed by atoms with van der Waals surface area (Å²) in [6, 6.07) is 5.36. The molecule has 1 aromatic rings. The van der Waals surface area contributed by atoms with Gasteiger partial charge in [0.05, 0.1) is 15.4 Å². The second-order valence-electron chi connectivity index (χ2n) is 8.30. The van der Waals surface area contributed by atoms with Crippen molar-refractivity contribution in [2.24, 2.45) is 0 Å². The molecule has 2 aliphatic rings. The van der Waals surface area contributed by atoms with Crippen molar-refractivity contribution < 1.29 is 34.8 Å².